The Hall–Kier alpha value is -2.62. The third-order valence-electron chi connectivity index (χ3n) is 4.68. The molecule has 0 radical (unpaired) electrons. The predicted molar refractivity (Wildman–Crippen MR) is 112 cm³/mol. The highest BCUT2D eigenvalue weighted by Gasteiger charge is 2.20. The molecule has 0 saturated heterocycles. The highest BCUT2D eigenvalue weighted by atomic mass is 16.5. The molecule has 0 atom stereocenters. The van der Waals surface area contributed by atoms with Crippen molar-refractivity contribution in [2.75, 3.05) is 19.7 Å². The molecule has 0 spiro atoms. The minimum atomic E-state index is -0.327. The van der Waals surface area contributed by atoms with Crippen molar-refractivity contribution in [3.05, 3.63) is 71.8 Å². The summed E-state index contributed by atoms with van der Waals surface area (Å²) in [6.07, 6.45) is 2.70. The van der Waals surface area contributed by atoms with E-state index in [1.165, 1.54) is 11.1 Å². The zero-order chi connectivity index (χ0) is 20.2. The fraction of sp³-hybridized carbons (Fsp3) is 0.417. The van der Waals surface area contributed by atoms with Crippen LogP contribution in [0, 0.1) is 0 Å². The Labute approximate surface area is 168 Å². The van der Waals surface area contributed by atoms with Gasteiger partial charge in [-0.1, -0.05) is 74.5 Å². The number of carbonyl (C=O) groups is 2. The molecular formula is C24H31NO3. The molecule has 0 heterocycles. The fourth-order valence-corrected chi connectivity index (χ4v) is 3.30. The van der Waals surface area contributed by atoms with E-state index in [0.717, 1.165) is 12.8 Å². The molecular weight excluding hydrogens is 350 g/mol. The van der Waals surface area contributed by atoms with Crippen molar-refractivity contribution in [1.29, 1.82) is 0 Å². The zero-order valence-corrected chi connectivity index (χ0v) is 17.0. The normalized spacial score (nSPS) is 10.7. The van der Waals surface area contributed by atoms with Gasteiger partial charge in [-0.25, -0.2) is 0 Å². The van der Waals surface area contributed by atoms with Crippen LogP contribution in [0.15, 0.2) is 60.7 Å². The average molecular weight is 382 g/mol. The number of rotatable bonds is 11. The van der Waals surface area contributed by atoms with Gasteiger partial charge in [-0.2, -0.15) is 0 Å². The van der Waals surface area contributed by atoms with Gasteiger partial charge in [0.25, 0.3) is 0 Å². The highest BCUT2D eigenvalue weighted by molar-refractivity contribution is 5.82. The van der Waals surface area contributed by atoms with Crippen molar-refractivity contribution in [3.63, 3.8) is 0 Å². The number of esters is 1. The maximum Gasteiger partial charge on any atom is 0.325 e. The second-order valence-electron chi connectivity index (χ2n) is 6.95. The van der Waals surface area contributed by atoms with Crippen molar-refractivity contribution in [1.82, 2.24) is 4.90 Å². The van der Waals surface area contributed by atoms with Gasteiger partial charge in [0, 0.05) is 18.9 Å². The van der Waals surface area contributed by atoms with Crippen molar-refractivity contribution < 1.29 is 14.3 Å². The Morgan fingerprint density at radius 1 is 0.893 bits per heavy atom. The number of hydrogen-bond acceptors (Lipinski definition) is 3. The Bertz CT molecular complexity index is 676. The molecule has 2 rings (SSSR count). The number of nitrogens with zero attached hydrogens (tertiary/aromatic N) is 1. The van der Waals surface area contributed by atoms with E-state index >= 15 is 0 Å². The summed E-state index contributed by atoms with van der Waals surface area (Å²) < 4.78 is 5.15. The predicted octanol–water partition coefficient (Wildman–Crippen LogP) is 4.79. The molecule has 4 heteroatoms. The molecule has 0 N–H and O–H groups in total. The van der Waals surface area contributed by atoms with Crippen LogP contribution in [0.2, 0.25) is 0 Å². The first kappa shape index (κ1) is 21.7. The molecule has 150 valence electrons. The van der Waals surface area contributed by atoms with E-state index in [-0.39, 0.29) is 24.3 Å². The van der Waals surface area contributed by atoms with E-state index in [9.17, 15) is 9.59 Å². The van der Waals surface area contributed by atoms with Crippen LogP contribution in [-0.4, -0.2) is 36.5 Å². The van der Waals surface area contributed by atoms with Crippen LogP contribution in [0.4, 0.5) is 0 Å². The molecule has 0 fully saturated rings. The Morgan fingerprint density at radius 2 is 1.46 bits per heavy atom. The van der Waals surface area contributed by atoms with Crippen LogP contribution in [0.1, 0.15) is 56.6 Å². The number of amides is 1. The lowest BCUT2D eigenvalue weighted by atomic mass is 9.87. The van der Waals surface area contributed by atoms with Gasteiger partial charge in [0.2, 0.25) is 5.91 Å². The molecule has 0 aliphatic rings. The number of ether oxygens (including phenoxy) is 1. The molecule has 4 nitrogen and oxygen atoms in total. The summed E-state index contributed by atoms with van der Waals surface area (Å²) in [5, 5.41) is 0. The smallest absolute Gasteiger partial charge is 0.325 e. The van der Waals surface area contributed by atoms with Gasteiger partial charge in [0.05, 0.1) is 6.61 Å². The van der Waals surface area contributed by atoms with Crippen LogP contribution in [0.3, 0.4) is 0 Å². The van der Waals surface area contributed by atoms with Crippen LogP contribution in [-0.2, 0) is 14.3 Å². The molecule has 0 saturated carbocycles. The summed E-state index contributed by atoms with van der Waals surface area (Å²) in [5.41, 5.74) is 2.40. The third-order valence-corrected chi connectivity index (χ3v) is 4.68. The SMILES string of the molecule is CCCOC(=O)CN(CCC)C(=O)CCC(c1ccccc1)c1ccccc1. The standard InChI is InChI=1S/C24H31NO3/c1-3-17-25(19-24(27)28-18-4-2)23(26)16-15-22(20-11-7-5-8-12-20)21-13-9-6-10-14-21/h5-14,22H,3-4,15-19H2,1-2H3. The summed E-state index contributed by atoms with van der Waals surface area (Å²) in [6, 6.07) is 20.5. The van der Waals surface area contributed by atoms with Crippen LogP contribution < -0.4 is 0 Å². The summed E-state index contributed by atoms with van der Waals surface area (Å²) in [4.78, 5) is 26.4. The first-order valence-electron chi connectivity index (χ1n) is 10.2. The fourth-order valence-electron chi connectivity index (χ4n) is 3.30. The first-order valence-corrected chi connectivity index (χ1v) is 10.2. The lowest BCUT2D eigenvalue weighted by Gasteiger charge is -2.23. The van der Waals surface area contributed by atoms with E-state index in [2.05, 4.69) is 24.3 Å². The maximum absolute atomic E-state index is 12.8. The molecule has 0 unspecified atom stereocenters. The Morgan fingerprint density at radius 3 is 1.96 bits per heavy atom. The third kappa shape index (κ3) is 6.84. The van der Waals surface area contributed by atoms with E-state index in [1.54, 1.807) is 4.90 Å². The van der Waals surface area contributed by atoms with Gasteiger partial charge in [0.15, 0.2) is 0 Å². The van der Waals surface area contributed by atoms with Gasteiger partial charge in [0.1, 0.15) is 6.54 Å². The van der Waals surface area contributed by atoms with Crippen LogP contribution in [0.25, 0.3) is 0 Å². The Kier molecular flexibility index (Phi) is 9.26. The zero-order valence-electron chi connectivity index (χ0n) is 17.0. The van der Waals surface area contributed by atoms with Gasteiger partial charge in [-0.15, -0.1) is 0 Å². The van der Waals surface area contributed by atoms with E-state index < -0.39 is 0 Å². The largest absolute Gasteiger partial charge is 0.464 e. The lowest BCUT2D eigenvalue weighted by molar-refractivity contribution is -0.149. The number of carbonyl (C=O) groups excluding carboxylic acids is 2. The van der Waals surface area contributed by atoms with Crippen molar-refractivity contribution >= 4 is 11.9 Å². The molecule has 28 heavy (non-hydrogen) atoms. The van der Waals surface area contributed by atoms with E-state index in [0.29, 0.717) is 26.0 Å². The molecule has 2 aromatic rings. The van der Waals surface area contributed by atoms with Crippen molar-refractivity contribution in [3.8, 4) is 0 Å². The van der Waals surface area contributed by atoms with Gasteiger partial charge in [-0.3, -0.25) is 9.59 Å². The molecule has 2 aromatic carbocycles. The summed E-state index contributed by atoms with van der Waals surface area (Å²) >= 11 is 0. The molecule has 0 aliphatic heterocycles. The average Bonchev–Trinajstić information content (AvgIpc) is 2.73. The molecule has 0 aromatic heterocycles. The van der Waals surface area contributed by atoms with Crippen LogP contribution in [0.5, 0.6) is 0 Å². The van der Waals surface area contributed by atoms with Crippen molar-refractivity contribution in [2.24, 2.45) is 0 Å². The first-order chi connectivity index (χ1) is 13.7. The molecule has 0 aliphatic carbocycles. The van der Waals surface area contributed by atoms with E-state index in [4.69, 9.17) is 4.74 Å². The molecule has 1 amide bonds. The van der Waals surface area contributed by atoms with E-state index in [1.807, 2.05) is 50.2 Å². The second kappa shape index (κ2) is 12.0. The topological polar surface area (TPSA) is 46.6 Å². The van der Waals surface area contributed by atoms with Gasteiger partial charge >= 0.3 is 5.97 Å². The molecule has 0 bridgehead atoms. The van der Waals surface area contributed by atoms with Gasteiger partial charge in [-0.05, 0) is 30.4 Å². The number of benzene rings is 2. The summed E-state index contributed by atoms with van der Waals surface area (Å²) in [6.45, 7) is 4.97. The monoisotopic (exact) mass is 381 g/mol. The second-order valence-corrected chi connectivity index (χ2v) is 6.95. The minimum absolute atomic E-state index is 0.00663. The lowest BCUT2D eigenvalue weighted by Crippen LogP contribution is -2.37. The van der Waals surface area contributed by atoms with Gasteiger partial charge < -0.3 is 9.64 Å². The Balaban J connectivity index is 2.05. The number of hydrogen-bond donors (Lipinski definition) is 0. The maximum atomic E-state index is 12.8. The highest BCUT2D eigenvalue weighted by Crippen LogP contribution is 2.29. The minimum Gasteiger partial charge on any atom is -0.464 e. The van der Waals surface area contributed by atoms with Crippen LogP contribution >= 0.6 is 0 Å². The van der Waals surface area contributed by atoms with Crippen molar-refractivity contribution in [2.45, 2.75) is 45.4 Å². The summed E-state index contributed by atoms with van der Waals surface area (Å²) in [5.74, 6) is -0.166. The summed E-state index contributed by atoms with van der Waals surface area (Å²) in [7, 11) is 0. The quantitative estimate of drug-likeness (QED) is 0.526.